The van der Waals surface area contributed by atoms with Crippen molar-refractivity contribution in [1.29, 1.82) is 0 Å². The first-order chi connectivity index (χ1) is 13.8. The van der Waals surface area contributed by atoms with Crippen LogP contribution < -0.4 is 5.32 Å². The van der Waals surface area contributed by atoms with Crippen molar-refractivity contribution in [2.75, 3.05) is 6.61 Å². The molecule has 0 heterocycles. The van der Waals surface area contributed by atoms with Gasteiger partial charge in [0, 0.05) is 17.7 Å². The molecule has 29 heavy (non-hydrogen) atoms. The average molecular weight is 400 g/mol. The summed E-state index contributed by atoms with van der Waals surface area (Å²) in [6.45, 7) is 1.73. The van der Waals surface area contributed by atoms with Gasteiger partial charge in [0.1, 0.15) is 0 Å². The van der Waals surface area contributed by atoms with E-state index in [2.05, 4.69) is 12.2 Å². The van der Waals surface area contributed by atoms with Crippen LogP contribution in [0.25, 0.3) is 0 Å². The lowest BCUT2D eigenvalue weighted by atomic mass is 9.48. The molecular weight excluding hydrogens is 372 g/mol. The van der Waals surface area contributed by atoms with E-state index in [0.717, 1.165) is 17.8 Å². The molecule has 7 nitrogen and oxygen atoms in total. The number of esters is 1. The molecule has 4 aliphatic carbocycles. The Bertz CT molecular complexity index is 786. The second-order valence-corrected chi connectivity index (χ2v) is 9.29. The molecule has 5 rings (SSSR count). The number of hydrogen-bond donors (Lipinski definition) is 1. The summed E-state index contributed by atoms with van der Waals surface area (Å²) < 4.78 is 5.09. The Labute approximate surface area is 170 Å². The van der Waals surface area contributed by atoms with Crippen molar-refractivity contribution in [3.8, 4) is 0 Å². The maximum Gasteiger partial charge on any atom is 0.311 e. The molecule has 4 saturated carbocycles. The van der Waals surface area contributed by atoms with Crippen molar-refractivity contribution in [2.45, 2.75) is 57.9 Å². The lowest BCUT2D eigenvalue weighted by Crippen LogP contribution is -2.56. The highest BCUT2D eigenvalue weighted by atomic mass is 16.6. The van der Waals surface area contributed by atoms with Crippen molar-refractivity contribution in [2.24, 2.45) is 23.2 Å². The summed E-state index contributed by atoms with van der Waals surface area (Å²) in [7, 11) is 0. The van der Waals surface area contributed by atoms with Gasteiger partial charge in [-0.15, -0.1) is 0 Å². The number of ether oxygens (including phenoxy) is 1. The van der Waals surface area contributed by atoms with Crippen LogP contribution in [0, 0.1) is 33.3 Å². The van der Waals surface area contributed by atoms with Gasteiger partial charge in [-0.3, -0.25) is 19.7 Å². The number of carbonyl (C=O) groups is 2. The summed E-state index contributed by atoms with van der Waals surface area (Å²) in [4.78, 5) is 35.0. The summed E-state index contributed by atoms with van der Waals surface area (Å²) in [5.41, 5.74) is 0.355. The van der Waals surface area contributed by atoms with Gasteiger partial charge in [0.15, 0.2) is 6.61 Å². The third-order valence-electron chi connectivity index (χ3n) is 7.27. The van der Waals surface area contributed by atoms with E-state index in [1.807, 2.05) is 0 Å². The van der Waals surface area contributed by atoms with Crippen LogP contribution in [0.4, 0.5) is 5.69 Å². The normalized spacial score (nSPS) is 30.6. The molecule has 1 aromatic rings. The minimum Gasteiger partial charge on any atom is -0.455 e. The van der Waals surface area contributed by atoms with E-state index in [4.69, 9.17) is 4.74 Å². The standard InChI is InChI=1S/C22H28N2O5/c1-14(22-10-15-6-16(11-22)8-17(7-15)12-22)23-20(25)13-29-21(26)9-18-4-2-3-5-19(18)24(27)28/h2-5,14-17H,6-13H2,1H3,(H,23,25)/t14-,15?,16?,17?,22?/m0/s1. The molecule has 0 saturated heterocycles. The lowest BCUT2D eigenvalue weighted by Gasteiger charge is -2.59. The van der Waals surface area contributed by atoms with Gasteiger partial charge in [-0.2, -0.15) is 0 Å². The topological polar surface area (TPSA) is 98.5 Å². The molecule has 1 aromatic carbocycles. The summed E-state index contributed by atoms with van der Waals surface area (Å²) in [6.07, 6.45) is 7.40. The maximum absolute atomic E-state index is 12.4. The Morgan fingerprint density at radius 1 is 1.17 bits per heavy atom. The highest BCUT2D eigenvalue weighted by molar-refractivity contribution is 5.81. The number of nitrogens with zero attached hydrogens (tertiary/aromatic N) is 1. The van der Waals surface area contributed by atoms with Crippen LogP contribution in [0.5, 0.6) is 0 Å². The predicted octanol–water partition coefficient (Wildman–Crippen LogP) is 3.40. The van der Waals surface area contributed by atoms with Gasteiger partial charge in [0.25, 0.3) is 11.6 Å². The van der Waals surface area contributed by atoms with E-state index >= 15 is 0 Å². The SMILES string of the molecule is C[C@H](NC(=O)COC(=O)Cc1ccccc1[N+](=O)[O-])C12CC3CC(CC(C3)C1)C2. The second kappa shape index (κ2) is 7.76. The summed E-state index contributed by atoms with van der Waals surface area (Å²) >= 11 is 0. The Kier molecular flexibility index (Phi) is 5.32. The van der Waals surface area contributed by atoms with E-state index in [1.54, 1.807) is 12.1 Å². The van der Waals surface area contributed by atoms with Crippen LogP contribution >= 0.6 is 0 Å². The molecule has 4 aliphatic rings. The highest BCUT2D eigenvalue weighted by Gasteiger charge is 2.53. The average Bonchev–Trinajstić information content (AvgIpc) is 2.65. The zero-order valence-corrected chi connectivity index (χ0v) is 16.8. The van der Waals surface area contributed by atoms with Gasteiger partial charge in [0.05, 0.1) is 11.3 Å². The number of nitro groups is 1. The number of hydrogen-bond acceptors (Lipinski definition) is 5. The molecule has 1 atom stereocenters. The van der Waals surface area contributed by atoms with Gasteiger partial charge in [-0.05, 0) is 68.6 Å². The number of benzene rings is 1. The zero-order chi connectivity index (χ0) is 20.6. The number of para-hydroxylation sites is 1. The van der Waals surface area contributed by atoms with Crippen LogP contribution in [0.1, 0.15) is 51.0 Å². The number of rotatable bonds is 7. The van der Waals surface area contributed by atoms with Gasteiger partial charge in [-0.25, -0.2) is 0 Å². The Morgan fingerprint density at radius 3 is 2.34 bits per heavy atom. The summed E-state index contributed by atoms with van der Waals surface area (Å²) in [5.74, 6) is 1.47. The molecule has 0 aliphatic heterocycles. The highest BCUT2D eigenvalue weighted by Crippen LogP contribution is 2.61. The van der Waals surface area contributed by atoms with Crippen LogP contribution in [-0.4, -0.2) is 29.4 Å². The van der Waals surface area contributed by atoms with Crippen molar-refractivity contribution in [3.63, 3.8) is 0 Å². The lowest BCUT2D eigenvalue weighted by molar-refractivity contribution is -0.385. The number of amides is 1. The van der Waals surface area contributed by atoms with E-state index in [1.165, 1.54) is 50.7 Å². The van der Waals surface area contributed by atoms with Crippen LogP contribution in [0.2, 0.25) is 0 Å². The fraction of sp³-hybridized carbons (Fsp3) is 0.636. The van der Waals surface area contributed by atoms with Crippen molar-refractivity contribution in [1.82, 2.24) is 5.32 Å². The largest absolute Gasteiger partial charge is 0.455 e. The molecular formula is C22H28N2O5. The molecule has 156 valence electrons. The zero-order valence-electron chi connectivity index (χ0n) is 16.8. The second-order valence-electron chi connectivity index (χ2n) is 9.29. The fourth-order valence-corrected chi connectivity index (χ4v) is 6.34. The first kappa shape index (κ1) is 19.9. The van der Waals surface area contributed by atoms with E-state index < -0.39 is 10.9 Å². The van der Waals surface area contributed by atoms with Gasteiger partial charge in [-0.1, -0.05) is 18.2 Å². The van der Waals surface area contributed by atoms with E-state index in [-0.39, 0.29) is 41.6 Å². The van der Waals surface area contributed by atoms with Crippen molar-refractivity contribution >= 4 is 17.6 Å². The molecule has 0 radical (unpaired) electrons. The van der Waals surface area contributed by atoms with Crippen LogP contribution in [0.15, 0.2) is 24.3 Å². The fourth-order valence-electron chi connectivity index (χ4n) is 6.34. The number of carbonyl (C=O) groups excluding carboxylic acids is 2. The van der Waals surface area contributed by atoms with Crippen molar-refractivity contribution in [3.05, 3.63) is 39.9 Å². The molecule has 0 unspecified atom stereocenters. The van der Waals surface area contributed by atoms with Gasteiger partial charge >= 0.3 is 5.97 Å². The maximum atomic E-state index is 12.4. The smallest absolute Gasteiger partial charge is 0.311 e. The molecule has 0 spiro atoms. The first-order valence-corrected chi connectivity index (χ1v) is 10.5. The number of nitro benzene ring substituents is 1. The molecule has 7 heteroatoms. The summed E-state index contributed by atoms with van der Waals surface area (Å²) in [6, 6.07) is 6.12. The molecule has 4 fully saturated rings. The Hall–Kier alpha value is -2.44. The third-order valence-corrected chi connectivity index (χ3v) is 7.27. The summed E-state index contributed by atoms with van der Waals surface area (Å²) in [5, 5.41) is 14.1. The van der Waals surface area contributed by atoms with Gasteiger partial charge in [0.2, 0.25) is 0 Å². The Morgan fingerprint density at radius 2 is 1.76 bits per heavy atom. The van der Waals surface area contributed by atoms with Crippen LogP contribution in [0.3, 0.4) is 0 Å². The molecule has 4 bridgehead atoms. The van der Waals surface area contributed by atoms with Gasteiger partial charge < -0.3 is 10.1 Å². The van der Waals surface area contributed by atoms with E-state index in [9.17, 15) is 19.7 Å². The van der Waals surface area contributed by atoms with E-state index in [0.29, 0.717) is 0 Å². The molecule has 1 amide bonds. The monoisotopic (exact) mass is 400 g/mol. The minimum absolute atomic E-state index is 0.0670. The molecule has 1 N–H and O–H groups in total. The first-order valence-electron chi connectivity index (χ1n) is 10.5. The van der Waals surface area contributed by atoms with Crippen LogP contribution in [-0.2, 0) is 20.7 Å². The third kappa shape index (κ3) is 4.14. The van der Waals surface area contributed by atoms with Crippen molar-refractivity contribution < 1.29 is 19.2 Å². The Balaban J connectivity index is 1.28. The minimum atomic E-state index is -0.642. The predicted molar refractivity (Wildman–Crippen MR) is 106 cm³/mol. The molecule has 0 aromatic heterocycles. The quantitative estimate of drug-likeness (QED) is 0.430. The number of nitrogens with one attached hydrogen (secondary N) is 1.